The van der Waals surface area contributed by atoms with Gasteiger partial charge in [0.05, 0.1) is 11.4 Å². The maximum atomic E-state index is 11.9. The smallest absolute Gasteiger partial charge is 0.402 e. The van der Waals surface area contributed by atoms with Crippen LogP contribution in [-0.2, 0) is 10.0 Å². The first-order chi connectivity index (χ1) is 8.70. The lowest BCUT2D eigenvalue weighted by Gasteiger charge is -2.11. The van der Waals surface area contributed by atoms with Gasteiger partial charge >= 0.3 is 6.18 Å². The Bertz CT molecular complexity index is 517. The van der Waals surface area contributed by atoms with Gasteiger partial charge in [-0.2, -0.15) is 13.2 Å². The lowest BCUT2D eigenvalue weighted by molar-refractivity contribution is -0.121. The van der Waals surface area contributed by atoms with Crippen LogP contribution in [0.5, 0.6) is 5.75 Å². The van der Waals surface area contributed by atoms with Crippen molar-refractivity contribution in [3.8, 4) is 5.75 Å². The van der Waals surface area contributed by atoms with E-state index < -0.39 is 28.5 Å². The van der Waals surface area contributed by atoms with Crippen molar-refractivity contribution >= 4 is 15.7 Å². The lowest BCUT2D eigenvalue weighted by atomic mass is 10.3. The van der Waals surface area contributed by atoms with Crippen molar-refractivity contribution in [2.45, 2.75) is 6.18 Å². The number of nitrogens with two attached hydrogens (primary N) is 1. The van der Waals surface area contributed by atoms with E-state index in [9.17, 15) is 21.6 Å². The molecule has 0 fully saturated rings. The van der Waals surface area contributed by atoms with Crippen LogP contribution in [0, 0.1) is 0 Å². The van der Waals surface area contributed by atoms with E-state index >= 15 is 0 Å². The Morgan fingerprint density at radius 1 is 1.26 bits per heavy atom. The molecule has 0 aromatic heterocycles. The Hall–Kier alpha value is -1.48. The molecule has 1 aromatic rings. The largest absolute Gasteiger partial charge is 0.490 e. The highest BCUT2D eigenvalue weighted by Gasteiger charge is 2.29. The Kier molecular flexibility index (Phi) is 5.01. The standard InChI is InChI=1S/C10H13F3N2O3S/c11-10(12,13)7-15-19(16,17)6-5-18-9-4-2-1-3-8(9)14/h1-4,15H,5-7,14H2. The second-order valence-corrected chi connectivity index (χ2v) is 5.57. The van der Waals surface area contributed by atoms with Crippen LogP contribution in [0.4, 0.5) is 18.9 Å². The van der Waals surface area contributed by atoms with Crippen molar-refractivity contribution in [1.29, 1.82) is 0 Å². The van der Waals surface area contributed by atoms with E-state index in [1.165, 1.54) is 10.8 Å². The number of para-hydroxylation sites is 2. The highest BCUT2D eigenvalue weighted by Crippen LogP contribution is 2.19. The number of hydrogen-bond donors (Lipinski definition) is 2. The second-order valence-electron chi connectivity index (χ2n) is 3.64. The molecule has 0 spiro atoms. The number of benzene rings is 1. The van der Waals surface area contributed by atoms with E-state index in [-0.39, 0.29) is 12.4 Å². The molecule has 0 aliphatic rings. The molecule has 0 bridgehead atoms. The lowest BCUT2D eigenvalue weighted by Crippen LogP contribution is -2.36. The number of hydrogen-bond acceptors (Lipinski definition) is 4. The quantitative estimate of drug-likeness (QED) is 0.771. The third-order valence-electron chi connectivity index (χ3n) is 2.02. The van der Waals surface area contributed by atoms with Gasteiger partial charge in [0.2, 0.25) is 10.0 Å². The topological polar surface area (TPSA) is 81.4 Å². The molecule has 0 radical (unpaired) electrons. The highest BCUT2D eigenvalue weighted by atomic mass is 32.2. The van der Waals surface area contributed by atoms with Gasteiger partial charge in [-0.05, 0) is 12.1 Å². The molecule has 3 N–H and O–H groups in total. The van der Waals surface area contributed by atoms with Gasteiger partial charge in [0.25, 0.3) is 0 Å². The van der Waals surface area contributed by atoms with E-state index in [0.717, 1.165) is 0 Å². The van der Waals surface area contributed by atoms with Crippen molar-refractivity contribution in [3.05, 3.63) is 24.3 Å². The molecule has 5 nitrogen and oxygen atoms in total. The minimum Gasteiger partial charge on any atom is -0.490 e. The van der Waals surface area contributed by atoms with Crippen LogP contribution in [-0.4, -0.2) is 33.5 Å². The van der Waals surface area contributed by atoms with Crippen molar-refractivity contribution in [3.63, 3.8) is 0 Å². The van der Waals surface area contributed by atoms with E-state index in [0.29, 0.717) is 5.69 Å². The molecule has 0 saturated heterocycles. The summed E-state index contributed by atoms with van der Waals surface area (Å²) < 4.78 is 64.5. The number of nitrogens with one attached hydrogen (secondary N) is 1. The fourth-order valence-electron chi connectivity index (χ4n) is 1.14. The summed E-state index contributed by atoms with van der Waals surface area (Å²) in [6.45, 7) is -1.88. The summed E-state index contributed by atoms with van der Waals surface area (Å²) in [7, 11) is -4.03. The van der Waals surface area contributed by atoms with Crippen LogP contribution in [0.25, 0.3) is 0 Å². The Balaban J connectivity index is 2.42. The average molecular weight is 298 g/mol. The molecule has 9 heteroatoms. The predicted molar refractivity (Wildman–Crippen MR) is 64.2 cm³/mol. The molecule has 0 saturated carbocycles. The number of halogens is 3. The number of rotatable bonds is 6. The molecule has 0 amide bonds. The van der Waals surface area contributed by atoms with E-state index in [2.05, 4.69) is 0 Å². The van der Waals surface area contributed by atoms with E-state index in [1.807, 2.05) is 0 Å². The van der Waals surface area contributed by atoms with Crippen LogP contribution < -0.4 is 15.2 Å². The first-order valence-corrected chi connectivity index (χ1v) is 6.86. The van der Waals surface area contributed by atoms with Crippen LogP contribution in [0.1, 0.15) is 0 Å². The number of ether oxygens (including phenoxy) is 1. The highest BCUT2D eigenvalue weighted by molar-refractivity contribution is 7.89. The summed E-state index contributed by atoms with van der Waals surface area (Å²) in [5.74, 6) is -0.300. The minimum atomic E-state index is -4.59. The van der Waals surface area contributed by atoms with E-state index in [1.54, 1.807) is 18.2 Å². The molecule has 1 aromatic carbocycles. The van der Waals surface area contributed by atoms with Crippen molar-refractivity contribution in [1.82, 2.24) is 4.72 Å². The molecule has 0 atom stereocenters. The molecule has 0 aliphatic heterocycles. The minimum absolute atomic E-state index is 0.286. The molecule has 1 rings (SSSR count). The van der Waals surface area contributed by atoms with Crippen molar-refractivity contribution in [2.75, 3.05) is 24.6 Å². The van der Waals surface area contributed by atoms with Crippen LogP contribution >= 0.6 is 0 Å². The summed E-state index contributed by atoms with van der Waals surface area (Å²) in [5, 5.41) is 0. The summed E-state index contributed by atoms with van der Waals surface area (Å²) in [4.78, 5) is 0. The summed E-state index contributed by atoms with van der Waals surface area (Å²) in [6.07, 6.45) is -4.59. The Labute approximate surface area is 108 Å². The Morgan fingerprint density at radius 2 is 1.89 bits per heavy atom. The molecule has 19 heavy (non-hydrogen) atoms. The molecule has 108 valence electrons. The molecule has 0 heterocycles. The summed E-state index contributed by atoms with van der Waals surface area (Å²) in [6, 6.07) is 6.41. The molecular weight excluding hydrogens is 285 g/mol. The first kappa shape index (κ1) is 15.6. The zero-order valence-electron chi connectivity index (χ0n) is 9.77. The van der Waals surface area contributed by atoms with Gasteiger partial charge in [0.1, 0.15) is 18.9 Å². The molecular formula is C10H13F3N2O3S. The maximum Gasteiger partial charge on any atom is 0.402 e. The average Bonchev–Trinajstić information content (AvgIpc) is 2.28. The van der Waals surface area contributed by atoms with Crippen LogP contribution in [0.3, 0.4) is 0 Å². The summed E-state index contributed by atoms with van der Waals surface area (Å²) >= 11 is 0. The normalized spacial score (nSPS) is 12.4. The van der Waals surface area contributed by atoms with Gasteiger partial charge in [-0.3, -0.25) is 0 Å². The van der Waals surface area contributed by atoms with Gasteiger partial charge in [-0.1, -0.05) is 12.1 Å². The number of nitrogen functional groups attached to an aromatic ring is 1. The van der Waals surface area contributed by atoms with Gasteiger partial charge in [-0.25, -0.2) is 13.1 Å². The fourth-order valence-corrected chi connectivity index (χ4v) is 1.97. The van der Waals surface area contributed by atoms with Gasteiger partial charge < -0.3 is 10.5 Å². The van der Waals surface area contributed by atoms with Crippen LogP contribution in [0.2, 0.25) is 0 Å². The van der Waals surface area contributed by atoms with E-state index in [4.69, 9.17) is 10.5 Å². The third kappa shape index (κ3) is 6.30. The monoisotopic (exact) mass is 298 g/mol. The zero-order chi connectivity index (χ0) is 14.5. The second kappa shape index (κ2) is 6.11. The number of sulfonamides is 1. The van der Waals surface area contributed by atoms with Gasteiger partial charge in [0, 0.05) is 0 Å². The zero-order valence-corrected chi connectivity index (χ0v) is 10.6. The molecule has 0 unspecified atom stereocenters. The van der Waals surface area contributed by atoms with Crippen molar-refractivity contribution in [2.24, 2.45) is 0 Å². The van der Waals surface area contributed by atoms with Crippen LogP contribution in [0.15, 0.2) is 24.3 Å². The fraction of sp³-hybridized carbons (Fsp3) is 0.400. The van der Waals surface area contributed by atoms with Crippen molar-refractivity contribution < 1.29 is 26.3 Å². The van der Waals surface area contributed by atoms with Gasteiger partial charge in [0.15, 0.2) is 0 Å². The maximum absolute atomic E-state index is 11.9. The summed E-state index contributed by atoms with van der Waals surface area (Å²) in [5.41, 5.74) is 5.87. The number of alkyl halides is 3. The third-order valence-corrected chi connectivity index (χ3v) is 3.31. The first-order valence-electron chi connectivity index (χ1n) is 5.21. The number of anilines is 1. The Morgan fingerprint density at radius 3 is 2.47 bits per heavy atom. The predicted octanol–water partition coefficient (Wildman–Crippen LogP) is 1.13. The molecule has 0 aliphatic carbocycles. The SMILES string of the molecule is Nc1ccccc1OCCS(=O)(=O)NCC(F)(F)F. The van der Waals surface area contributed by atoms with Gasteiger partial charge in [-0.15, -0.1) is 0 Å².